The van der Waals surface area contributed by atoms with Gasteiger partial charge in [-0.15, -0.1) is 0 Å². The Hall–Kier alpha value is -1.77. The Bertz CT molecular complexity index is 497. The Kier molecular flexibility index (Phi) is 2.46. The summed E-state index contributed by atoms with van der Waals surface area (Å²) in [7, 11) is 0. The number of aryl methyl sites for hydroxylation is 1. The Balaban J connectivity index is 2.47. The summed E-state index contributed by atoms with van der Waals surface area (Å²) in [5, 5.41) is 11.3. The highest BCUT2D eigenvalue weighted by Gasteiger charge is 2.06. The normalized spacial score (nSPS) is 10.7. The molecule has 2 aromatic rings. The van der Waals surface area contributed by atoms with Crippen LogP contribution >= 0.6 is 0 Å². The Morgan fingerprint density at radius 3 is 2.93 bits per heavy atom. The molecule has 1 heterocycles. The quantitative estimate of drug-likeness (QED) is 0.755. The first-order chi connectivity index (χ1) is 7.20. The number of carboxylic acid groups (broad SMARTS) is 1. The van der Waals surface area contributed by atoms with Gasteiger partial charge in [0.1, 0.15) is 5.58 Å². The van der Waals surface area contributed by atoms with Gasteiger partial charge in [0, 0.05) is 23.3 Å². The number of fused-ring (bicyclic) bond motifs is 1. The molecule has 0 N–H and O–H groups in total. The third-order valence-corrected chi connectivity index (χ3v) is 2.46. The molecule has 3 nitrogen and oxygen atoms in total. The molecule has 0 amide bonds. The number of benzene rings is 1. The molecule has 1 aromatic carbocycles. The van der Waals surface area contributed by atoms with E-state index in [1.54, 1.807) is 0 Å². The van der Waals surface area contributed by atoms with E-state index >= 15 is 0 Å². The minimum atomic E-state index is -1.09. The van der Waals surface area contributed by atoms with Crippen LogP contribution in [0.1, 0.15) is 18.1 Å². The third-order valence-electron chi connectivity index (χ3n) is 2.46. The van der Waals surface area contributed by atoms with Crippen molar-refractivity contribution in [2.75, 3.05) is 0 Å². The molecule has 0 saturated heterocycles. The molecule has 3 heteroatoms. The van der Waals surface area contributed by atoms with Crippen LogP contribution in [0.3, 0.4) is 0 Å². The minimum Gasteiger partial charge on any atom is -0.550 e. The first kappa shape index (κ1) is 9.77. The summed E-state index contributed by atoms with van der Waals surface area (Å²) in [6, 6.07) is 5.82. The number of hydrogen-bond acceptors (Lipinski definition) is 3. The molecule has 15 heavy (non-hydrogen) atoms. The van der Waals surface area contributed by atoms with Gasteiger partial charge < -0.3 is 14.3 Å². The Morgan fingerprint density at radius 1 is 1.47 bits per heavy atom. The van der Waals surface area contributed by atoms with Crippen molar-refractivity contribution in [3.8, 4) is 0 Å². The van der Waals surface area contributed by atoms with Gasteiger partial charge in [-0.3, -0.25) is 0 Å². The lowest BCUT2D eigenvalue weighted by Gasteiger charge is -1.99. The van der Waals surface area contributed by atoms with E-state index in [1.165, 1.54) is 11.8 Å². The van der Waals surface area contributed by atoms with Crippen LogP contribution in [0.25, 0.3) is 11.0 Å². The van der Waals surface area contributed by atoms with Gasteiger partial charge in [0.2, 0.25) is 0 Å². The standard InChI is InChI=1S/C12H12O3/c1-2-8-3-4-10-9(6-12(13)14)7-15-11(10)5-8/h3-5,7H,2,6H2,1H3,(H,13,14)/p-1. The van der Waals surface area contributed by atoms with Gasteiger partial charge in [-0.1, -0.05) is 19.1 Å². The van der Waals surface area contributed by atoms with Crippen LogP contribution < -0.4 is 5.11 Å². The van der Waals surface area contributed by atoms with E-state index in [-0.39, 0.29) is 6.42 Å². The van der Waals surface area contributed by atoms with Crippen LogP contribution in [0.5, 0.6) is 0 Å². The molecular formula is C12H11O3-. The number of carbonyl (C=O) groups excluding carboxylic acids is 1. The van der Waals surface area contributed by atoms with Gasteiger partial charge in [0.15, 0.2) is 0 Å². The third kappa shape index (κ3) is 1.86. The highest BCUT2D eigenvalue weighted by molar-refractivity contribution is 5.85. The van der Waals surface area contributed by atoms with E-state index < -0.39 is 5.97 Å². The first-order valence-electron chi connectivity index (χ1n) is 4.89. The molecule has 0 radical (unpaired) electrons. The SMILES string of the molecule is CCc1ccc2c(CC(=O)[O-])coc2c1. The van der Waals surface area contributed by atoms with E-state index in [2.05, 4.69) is 6.92 Å². The summed E-state index contributed by atoms with van der Waals surface area (Å²) in [4.78, 5) is 10.5. The fraction of sp³-hybridized carbons (Fsp3) is 0.250. The average molecular weight is 203 g/mol. The fourth-order valence-corrected chi connectivity index (χ4v) is 1.64. The van der Waals surface area contributed by atoms with Crippen molar-refractivity contribution < 1.29 is 14.3 Å². The molecule has 0 unspecified atom stereocenters. The number of rotatable bonds is 3. The van der Waals surface area contributed by atoms with Gasteiger partial charge in [-0.25, -0.2) is 0 Å². The molecule has 1 aromatic heterocycles. The van der Waals surface area contributed by atoms with Crippen molar-refractivity contribution in [2.24, 2.45) is 0 Å². The van der Waals surface area contributed by atoms with Crippen LogP contribution in [0.2, 0.25) is 0 Å². The second kappa shape index (κ2) is 3.77. The maximum absolute atomic E-state index is 10.5. The van der Waals surface area contributed by atoms with Gasteiger partial charge in [-0.05, 0) is 18.1 Å². The number of aliphatic carboxylic acids is 1. The van der Waals surface area contributed by atoms with E-state index in [0.29, 0.717) is 5.56 Å². The van der Waals surface area contributed by atoms with Crippen molar-refractivity contribution in [1.29, 1.82) is 0 Å². The maximum Gasteiger partial charge on any atom is 0.134 e. The average Bonchev–Trinajstić information content (AvgIpc) is 2.60. The largest absolute Gasteiger partial charge is 0.550 e. The van der Waals surface area contributed by atoms with Gasteiger partial charge in [0.05, 0.1) is 6.26 Å². The zero-order chi connectivity index (χ0) is 10.8. The summed E-state index contributed by atoms with van der Waals surface area (Å²) in [6.07, 6.45) is 2.32. The van der Waals surface area contributed by atoms with Gasteiger partial charge >= 0.3 is 0 Å². The molecule has 2 rings (SSSR count). The molecule has 0 spiro atoms. The summed E-state index contributed by atoms with van der Waals surface area (Å²) in [5.74, 6) is -1.09. The molecule has 78 valence electrons. The van der Waals surface area contributed by atoms with Gasteiger partial charge in [-0.2, -0.15) is 0 Å². The summed E-state index contributed by atoms with van der Waals surface area (Å²) in [5.41, 5.74) is 2.59. The van der Waals surface area contributed by atoms with Crippen LogP contribution in [-0.2, 0) is 17.6 Å². The highest BCUT2D eigenvalue weighted by atomic mass is 16.4. The smallest absolute Gasteiger partial charge is 0.134 e. The van der Waals surface area contributed by atoms with Crippen molar-refractivity contribution >= 4 is 16.9 Å². The second-order valence-electron chi connectivity index (χ2n) is 3.49. The van der Waals surface area contributed by atoms with Crippen molar-refractivity contribution in [1.82, 2.24) is 0 Å². The van der Waals surface area contributed by atoms with Crippen molar-refractivity contribution in [3.63, 3.8) is 0 Å². The summed E-state index contributed by atoms with van der Waals surface area (Å²) >= 11 is 0. The van der Waals surface area contributed by atoms with Crippen molar-refractivity contribution in [2.45, 2.75) is 19.8 Å². The number of furan rings is 1. The topological polar surface area (TPSA) is 53.3 Å². The second-order valence-corrected chi connectivity index (χ2v) is 3.49. The van der Waals surface area contributed by atoms with E-state index in [0.717, 1.165) is 17.4 Å². The molecule has 0 saturated carbocycles. The Labute approximate surface area is 87.3 Å². The lowest BCUT2D eigenvalue weighted by Crippen LogP contribution is -2.24. The molecule has 0 atom stereocenters. The van der Waals surface area contributed by atoms with E-state index in [1.807, 2.05) is 18.2 Å². The summed E-state index contributed by atoms with van der Waals surface area (Å²) in [6.45, 7) is 2.06. The monoisotopic (exact) mass is 203 g/mol. The van der Waals surface area contributed by atoms with E-state index in [9.17, 15) is 9.90 Å². The van der Waals surface area contributed by atoms with Crippen LogP contribution in [-0.4, -0.2) is 5.97 Å². The molecular weight excluding hydrogens is 192 g/mol. The maximum atomic E-state index is 10.5. The van der Waals surface area contributed by atoms with Crippen LogP contribution in [0.4, 0.5) is 0 Å². The zero-order valence-electron chi connectivity index (χ0n) is 8.45. The predicted octanol–water partition coefficient (Wildman–Crippen LogP) is 1.29. The highest BCUT2D eigenvalue weighted by Crippen LogP contribution is 2.22. The molecule has 0 fully saturated rings. The minimum absolute atomic E-state index is 0.0987. The first-order valence-corrected chi connectivity index (χ1v) is 4.89. The summed E-state index contributed by atoms with van der Waals surface area (Å²) < 4.78 is 5.30. The molecule has 0 aliphatic heterocycles. The van der Waals surface area contributed by atoms with Crippen molar-refractivity contribution in [3.05, 3.63) is 35.6 Å². The van der Waals surface area contributed by atoms with Crippen LogP contribution in [0, 0.1) is 0 Å². The fourth-order valence-electron chi connectivity index (χ4n) is 1.64. The Morgan fingerprint density at radius 2 is 2.27 bits per heavy atom. The number of hydrogen-bond donors (Lipinski definition) is 0. The van der Waals surface area contributed by atoms with Crippen LogP contribution in [0.15, 0.2) is 28.9 Å². The number of carbonyl (C=O) groups is 1. The number of carboxylic acids is 1. The van der Waals surface area contributed by atoms with E-state index in [4.69, 9.17) is 4.42 Å². The lowest BCUT2D eigenvalue weighted by atomic mass is 10.1. The molecule has 0 bridgehead atoms. The zero-order valence-corrected chi connectivity index (χ0v) is 8.45. The van der Waals surface area contributed by atoms with Gasteiger partial charge in [0.25, 0.3) is 0 Å². The molecule has 0 aliphatic carbocycles. The lowest BCUT2D eigenvalue weighted by molar-refractivity contribution is -0.304. The predicted molar refractivity (Wildman–Crippen MR) is 54.3 cm³/mol. The molecule has 0 aliphatic rings.